The number of aryl methyl sites for hydroxylation is 1. The Hall–Kier alpha value is -2.58. The number of aliphatic hydroxyl groups is 1. The first kappa shape index (κ1) is 17.8. The van der Waals surface area contributed by atoms with E-state index in [-0.39, 0.29) is 12.2 Å². The van der Waals surface area contributed by atoms with Crippen molar-refractivity contribution in [3.8, 4) is 11.4 Å². The van der Waals surface area contributed by atoms with Crippen LogP contribution in [0.5, 0.6) is 0 Å². The van der Waals surface area contributed by atoms with Gasteiger partial charge in [0.05, 0.1) is 35.8 Å². The van der Waals surface area contributed by atoms with Gasteiger partial charge < -0.3 is 10.1 Å². The Morgan fingerprint density at radius 3 is 2.93 bits per heavy atom. The van der Waals surface area contributed by atoms with E-state index in [1.165, 1.54) is 12.1 Å². The number of benzene rings is 1. The summed E-state index contributed by atoms with van der Waals surface area (Å²) in [5, 5.41) is 13.5. The molecule has 2 aromatic heterocycles. The fourth-order valence-electron chi connectivity index (χ4n) is 3.47. The van der Waals surface area contributed by atoms with Crippen LogP contribution in [0.1, 0.15) is 22.6 Å². The summed E-state index contributed by atoms with van der Waals surface area (Å²) in [5.41, 5.74) is 4.24. The lowest BCUT2D eigenvalue weighted by molar-refractivity contribution is 0.240. The molecule has 0 fully saturated rings. The monoisotopic (exact) mass is 373 g/mol. The fraction of sp³-hybridized carbons (Fsp3) is 0.368. The molecule has 0 aliphatic carbocycles. The number of aromatic nitrogens is 4. The number of hydrogen-bond donors (Lipinski definition) is 2. The van der Waals surface area contributed by atoms with Crippen LogP contribution in [0.4, 0.5) is 8.78 Å². The zero-order valence-electron chi connectivity index (χ0n) is 15.0. The maximum absolute atomic E-state index is 14.0. The van der Waals surface area contributed by atoms with Gasteiger partial charge in [0.15, 0.2) is 0 Å². The molecule has 2 N–H and O–H groups in total. The van der Waals surface area contributed by atoms with Crippen LogP contribution in [-0.2, 0) is 26.1 Å². The zero-order valence-corrected chi connectivity index (χ0v) is 15.0. The number of fused-ring (bicyclic) bond motifs is 1. The molecule has 4 rings (SSSR count). The van der Waals surface area contributed by atoms with Gasteiger partial charge in [0, 0.05) is 43.9 Å². The van der Waals surface area contributed by atoms with Crippen LogP contribution in [-0.4, -0.2) is 42.9 Å². The maximum Gasteiger partial charge on any atom is 0.140 e. The molecule has 0 saturated carbocycles. The van der Waals surface area contributed by atoms with Crippen LogP contribution in [0.3, 0.4) is 0 Å². The highest BCUT2D eigenvalue weighted by Gasteiger charge is 2.22. The van der Waals surface area contributed by atoms with Gasteiger partial charge in [-0.25, -0.2) is 13.8 Å². The molecule has 0 atom stereocenters. The largest absolute Gasteiger partial charge is 0.394 e. The van der Waals surface area contributed by atoms with Gasteiger partial charge in [-0.05, 0) is 19.1 Å². The summed E-state index contributed by atoms with van der Waals surface area (Å²) in [5.74, 6) is -0.785. The molecule has 1 aliphatic heterocycles. The van der Waals surface area contributed by atoms with E-state index < -0.39 is 11.6 Å². The van der Waals surface area contributed by atoms with Gasteiger partial charge >= 0.3 is 0 Å². The zero-order chi connectivity index (χ0) is 19.0. The van der Waals surface area contributed by atoms with Crippen LogP contribution in [0.15, 0.2) is 24.4 Å². The van der Waals surface area contributed by atoms with Crippen molar-refractivity contribution < 1.29 is 13.9 Å². The number of hydrogen-bond acceptors (Lipinski definition) is 4. The molecule has 6 nitrogen and oxygen atoms in total. The quantitative estimate of drug-likeness (QED) is 0.721. The van der Waals surface area contributed by atoms with Gasteiger partial charge in [0.25, 0.3) is 0 Å². The van der Waals surface area contributed by atoms with E-state index in [2.05, 4.69) is 20.0 Å². The molecule has 1 aromatic carbocycles. The standard InChI is InChI=1S/C19H21F2N5O/c1-12-13(10-26(24-12)6-7-27)9-25-5-4-17-18(11-25)23-19(22-17)15-3-2-14(20)8-16(15)21/h2-3,8,10,27H,4-7,9,11H2,1H3,(H,22,23). The van der Waals surface area contributed by atoms with E-state index in [1.54, 1.807) is 4.68 Å². The second-order valence-corrected chi connectivity index (χ2v) is 6.82. The summed E-state index contributed by atoms with van der Waals surface area (Å²) in [6.07, 6.45) is 2.73. The third kappa shape index (κ3) is 3.63. The summed E-state index contributed by atoms with van der Waals surface area (Å²) in [7, 11) is 0. The Morgan fingerprint density at radius 2 is 2.15 bits per heavy atom. The second kappa shape index (κ2) is 7.21. The van der Waals surface area contributed by atoms with Crippen molar-refractivity contribution in [3.63, 3.8) is 0 Å². The predicted molar refractivity (Wildman–Crippen MR) is 95.8 cm³/mol. The van der Waals surface area contributed by atoms with Crippen LogP contribution < -0.4 is 0 Å². The Bertz CT molecular complexity index is 965. The number of rotatable bonds is 5. The van der Waals surface area contributed by atoms with Crippen LogP contribution in [0.25, 0.3) is 11.4 Å². The summed E-state index contributed by atoms with van der Waals surface area (Å²) >= 11 is 0. The Morgan fingerprint density at radius 1 is 1.30 bits per heavy atom. The first-order valence-electron chi connectivity index (χ1n) is 8.93. The molecule has 3 aromatic rings. The van der Waals surface area contributed by atoms with Crippen molar-refractivity contribution in [3.05, 3.63) is 58.7 Å². The van der Waals surface area contributed by atoms with Crippen LogP contribution in [0, 0.1) is 18.6 Å². The van der Waals surface area contributed by atoms with Crippen molar-refractivity contribution in [2.75, 3.05) is 13.2 Å². The van der Waals surface area contributed by atoms with E-state index in [9.17, 15) is 8.78 Å². The van der Waals surface area contributed by atoms with E-state index in [1.807, 2.05) is 13.1 Å². The Labute approximate surface area is 155 Å². The number of aliphatic hydroxyl groups excluding tert-OH is 1. The van der Waals surface area contributed by atoms with Gasteiger partial charge in [-0.3, -0.25) is 9.58 Å². The van der Waals surface area contributed by atoms with Gasteiger partial charge in [0.1, 0.15) is 17.5 Å². The van der Waals surface area contributed by atoms with Crippen molar-refractivity contribution in [1.29, 1.82) is 0 Å². The van der Waals surface area contributed by atoms with Crippen LogP contribution in [0.2, 0.25) is 0 Å². The highest BCUT2D eigenvalue weighted by atomic mass is 19.1. The Kier molecular flexibility index (Phi) is 4.75. The highest BCUT2D eigenvalue weighted by Crippen LogP contribution is 2.26. The van der Waals surface area contributed by atoms with Crippen molar-refractivity contribution >= 4 is 0 Å². The summed E-state index contributed by atoms with van der Waals surface area (Å²) in [6.45, 7) is 4.77. The molecule has 0 spiro atoms. The third-order valence-corrected chi connectivity index (χ3v) is 4.87. The molecule has 8 heteroatoms. The van der Waals surface area contributed by atoms with E-state index in [4.69, 9.17) is 5.11 Å². The molecule has 0 radical (unpaired) electrons. The molecule has 1 aliphatic rings. The number of imidazole rings is 1. The average molecular weight is 373 g/mol. The summed E-state index contributed by atoms with van der Waals surface area (Å²) < 4.78 is 28.9. The minimum absolute atomic E-state index is 0.0600. The topological polar surface area (TPSA) is 70.0 Å². The number of H-pyrrole nitrogens is 1. The highest BCUT2D eigenvalue weighted by molar-refractivity contribution is 5.57. The lowest BCUT2D eigenvalue weighted by Crippen LogP contribution is -2.30. The van der Waals surface area contributed by atoms with Gasteiger partial charge in [-0.15, -0.1) is 0 Å². The van der Waals surface area contributed by atoms with Crippen molar-refractivity contribution in [2.24, 2.45) is 0 Å². The van der Waals surface area contributed by atoms with Gasteiger partial charge in [-0.2, -0.15) is 5.10 Å². The first-order valence-corrected chi connectivity index (χ1v) is 8.93. The second-order valence-electron chi connectivity index (χ2n) is 6.82. The summed E-state index contributed by atoms with van der Waals surface area (Å²) in [4.78, 5) is 9.98. The summed E-state index contributed by atoms with van der Waals surface area (Å²) in [6, 6.07) is 3.51. The molecule has 0 amide bonds. The average Bonchev–Trinajstić information content (AvgIpc) is 3.18. The van der Waals surface area contributed by atoms with E-state index in [0.717, 1.165) is 48.2 Å². The SMILES string of the molecule is Cc1nn(CCO)cc1CN1CCc2nc(-c3ccc(F)cc3F)[nH]c2C1. The molecule has 142 valence electrons. The molecule has 0 unspecified atom stereocenters. The predicted octanol–water partition coefficient (Wildman–Crippen LogP) is 2.41. The maximum atomic E-state index is 14.0. The fourth-order valence-corrected chi connectivity index (χ4v) is 3.47. The minimum atomic E-state index is -0.620. The van der Waals surface area contributed by atoms with Crippen LogP contribution >= 0.6 is 0 Å². The number of halogens is 2. The first-order chi connectivity index (χ1) is 13.0. The minimum Gasteiger partial charge on any atom is -0.394 e. The van der Waals surface area contributed by atoms with Gasteiger partial charge in [0.2, 0.25) is 0 Å². The molecule has 0 bridgehead atoms. The molecular formula is C19H21F2N5O. The molecule has 27 heavy (non-hydrogen) atoms. The molecular weight excluding hydrogens is 352 g/mol. The lowest BCUT2D eigenvalue weighted by Gasteiger charge is -2.25. The van der Waals surface area contributed by atoms with E-state index >= 15 is 0 Å². The lowest BCUT2D eigenvalue weighted by atomic mass is 10.1. The smallest absolute Gasteiger partial charge is 0.140 e. The number of nitrogens with zero attached hydrogens (tertiary/aromatic N) is 4. The van der Waals surface area contributed by atoms with E-state index in [0.29, 0.717) is 18.9 Å². The third-order valence-electron chi connectivity index (χ3n) is 4.87. The van der Waals surface area contributed by atoms with Crippen molar-refractivity contribution in [1.82, 2.24) is 24.6 Å². The Balaban J connectivity index is 1.51. The molecule has 3 heterocycles. The van der Waals surface area contributed by atoms with Crippen molar-refractivity contribution in [2.45, 2.75) is 33.0 Å². The number of nitrogens with one attached hydrogen (secondary N) is 1. The van der Waals surface area contributed by atoms with Gasteiger partial charge in [-0.1, -0.05) is 0 Å². The normalized spacial score (nSPS) is 14.5. The molecule has 0 saturated heterocycles. The number of aromatic amines is 1.